The minimum absolute atomic E-state index is 0. The van der Waals surface area contributed by atoms with Gasteiger partial charge in [0.25, 0.3) is 0 Å². The van der Waals surface area contributed by atoms with E-state index in [0.717, 1.165) is 13.2 Å². The first kappa shape index (κ1) is 12.9. The molecule has 0 amide bonds. The van der Waals surface area contributed by atoms with Gasteiger partial charge in [-0.25, -0.2) is 0 Å². The summed E-state index contributed by atoms with van der Waals surface area (Å²) in [5.74, 6) is -0.324. The zero-order valence-corrected chi connectivity index (χ0v) is 8.08. The van der Waals surface area contributed by atoms with Crippen LogP contribution in [0.15, 0.2) is 18.2 Å². The molecular formula is C8H9ClF3NO. The summed E-state index contributed by atoms with van der Waals surface area (Å²) in [6.45, 7) is 0. The Kier molecular flexibility index (Phi) is 4.07. The van der Waals surface area contributed by atoms with Crippen LogP contribution in [0.4, 0.5) is 18.9 Å². The summed E-state index contributed by atoms with van der Waals surface area (Å²) in [7, 11) is 1.15. The third-order valence-corrected chi connectivity index (χ3v) is 1.56. The van der Waals surface area contributed by atoms with Gasteiger partial charge in [-0.05, 0) is 12.1 Å². The number of methoxy groups -OCH3 is 1. The highest BCUT2D eigenvalue weighted by Crippen LogP contribution is 2.38. The maximum atomic E-state index is 12.3. The average molecular weight is 228 g/mol. The van der Waals surface area contributed by atoms with Gasteiger partial charge in [0.15, 0.2) is 5.75 Å². The van der Waals surface area contributed by atoms with Crippen molar-refractivity contribution in [2.75, 3.05) is 12.8 Å². The Morgan fingerprint density at radius 3 is 2.21 bits per heavy atom. The molecule has 1 aromatic rings. The molecule has 0 aliphatic heterocycles. The molecule has 2 N–H and O–H groups in total. The van der Waals surface area contributed by atoms with Gasteiger partial charge in [0.1, 0.15) is 0 Å². The molecule has 0 aliphatic rings. The van der Waals surface area contributed by atoms with Crippen LogP contribution >= 0.6 is 12.4 Å². The van der Waals surface area contributed by atoms with E-state index in [9.17, 15) is 13.2 Å². The lowest BCUT2D eigenvalue weighted by Crippen LogP contribution is -2.08. The number of hydrogen-bond acceptors (Lipinski definition) is 2. The highest BCUT2D eigenvalue weighted by atomic mass is 35.5. The summed E-state index contributed by atoms with van der Waals surface area (Å²) < 4.78 is 41.4. The van der Waals surface area contributed by atoms with E-state index in [1.807, 2.05) is 0 Å². The lowest BCUT2D eigenvalue weighted by molar-refractivity contribution is -0.138. The molecule has 0 heterocycles. The summed E-state index contributed by atoms with van der Waals surface area (Å²) in [4.78, 5) is 0. The number of benzene rings is 1. The normalized spacial score (nSPS) is 10.6. The van der Waals surface area contributed by atoms with E-state index in [2.05, 4.69) is 4.74 Å². The Labute approximate surface area is 85.3 Å². The Morgan fingerprint density at radius 1 is 1.29 bits per heavy atom. The molecule has 0 radical (unpaired) electrons. The van der Waals surface area contributed by atoms with Crippen LogP contribution in [0.25, 0.3) is 0 Å². The zero-order chi connectivity index (χ0) is 10.1. The van der Waals surface area contributed by atoms with Crippen molar-refractivity contribution in [1.29, 1.82) is 0 Å². The highest BCUT2D eigenvalue weighted by Gasteiger charge is 2.34. The molecular weight excluding hydrogens is 219 g/mol. The number of halogens is 4. The SMILES string of the molecule is COc1c(N)cccc1C(F)(F)F.Cl. The van der Waals surface area contributed by atoms with Crippen LogP contribution in [-0.4, -0.2) is 7.11 Å². The molecule has 0 saturated heterocycles. The van der Waals surface area contributed by atoms with Crippen molar-refractivity contribution in [2.24, 2.45) is 0 Å². The van der Waals surface area contributed by atoms with E-state index in [1.165, 1.54) is 12.1 Å². The van der Waals surface area contributed by atoms with Gasteiger partial charge >= 0.3 is 6.18 Å². The third-order valence-electron chi connectivity index (χ3n) is 1.56. The van der Waals surface area contributed by atoms with E-state index >= 15 is 0 Å². The number of alkyl halides is 3. The summed E-state index contributed by atoms with van der Waals surface area (Å²) >= 11 is 0. The van der Waals surface area contributed by atoms with Crippen LogP contribution in [0.5, 0.6) is 5.75 Å². The van der Waals surface area contributed by atoms with Crippen molar-refractivity contribution in [1.82, 2.24) is 0 Å². The maximum Gasteiger partial charge on any atom is 0.420 e. The van der Waals surface area contributed by atoms with Gasteiger partial charge in [-0.15, -0.1) is 12.4 Å². The lowest BCUT2D eigenvalue weighted by Gasteiger charge is -2.12. The number of ether oxygens (including phenoxy) is 1. The summed E-state index contributed by atoms with van der Waals surface area (Å²) in [6, 6.07) is 3.52. The summed E-state index contributed by atoms with van der Waals surface area (Å²) in [6.07, 6.45) is -4.43. The van der Waals surface area contributed by atoms with Crippen LogP contribution in [-0.2, 0) is 6.18 Å². The number of hydrogen-bond donors (Lipinski definition) is 1. The molecule has 0 fully saturated rings. The minimum atomic E-state index is -4.43. The van der Waals surface area contributed by atoms with E-state index < -0.39 is 11.7 Å². The van der Waals surface area contributed by atoms with Crippen LogP contribution < -0.4 is 10.5 Å². The van der Waals surface area contributed by atoms with Crippen molar-refractivity contribution in [3.05, 3.63) is 23.8 Å². The van der Waals surface area contributed by atoms with Crippen LogP contribution in [0.2, 0.25) is 0 Å². The topological polar surface area (TPSA) is 35.2 Å². The molecule has 14 heavy (non-hydrogen) atoms. The van der Waals surface area contributed by atoms with Crippen molar-refractivity contribution in [3.8, 4) is 5.75 Å². The Bertz CT molecular complexity index is 314. The number of nitrogen functional groups attached to an aromatic ring is 1. The van der Waals surface area contributed by atoms with Crippen molar-refractivity contribution in [3.63, 3.8) is 0 Å². The van der Waals surface area contributed by atoms with Gasteiger partial charge in [0, 0.05) is 0 Å². The second-order valence-corrected chi connectivity index (χ2v) is 2.43. The minimum Gasteiger partial charge on any atom is -0.494 e. The second kappa shape index (κ2) is 4.41. The van der Waals surface area contributed by atoms with Crippen LogP contribution in [0, 0.1) is 0 Å². The van der Waals surface area contributed by atoms with Crippen molar-refractivity contribution < 1.29 is 17.9 Å². The number of rotatable bonds is 1. The molecule has 2 nitrogen and oxygen atoms in total. The van der Waals surface area contributed by atoms with Gasteiger partial charge in [0.2, 0.25) is 0 Å². The zero-order valence-electron chi connectivity index (χ0n) is 7.26. The summed E-state index contributed by atoms with van der Waals surface area (Å²) in [5, 5.41) is 0. The smallest absolute Gasteiger partial charge is 0.420 e. The number of para-hydroxylation sites is 1. The van der Waals surface area contributed by atoms with E-state index in [4.69, 9.17) is 5.73 Å². The molecule has 0 bridgehead atoms. The molecule has 1 aromatic carbocycles. The maximum absolute atomic E-state index is 12.3. The van der Waals surface area contributed by atoms with Gasteiger partial charge in [0.05, 0.1) is 18.4 Å². The van der Waals surface area contributed by atoms with Crippen molar-refractivity contribution >= 4 is 18.1 Å². The standard InChI is InChI=1S/C8H8F3NO.ClH/c1-13-7-5(8(9,10)11)3-2-4-6(7)12;/h2-4H,12H2,1H3;1H. The van der Waals surface area contributed by atoms with Crippen LogP contribution in [0.1, 0.15) is 5.56 Å². The first-order chi connectivity index (χ1) is 5.96. The fourth-order valence-corrected chi connectivity index (χ4v) is 1.01. The largest absolute Gasteiger partial charge is 0.494 e. The predicted molar refractivity (Wildman–Crippen MR) is 49.7 cm³/mol. The Hall–Kier alpha value is -1.10. The van der Waals surface area contributed by atoms with Gasteiger partial charge in [-0.3, -0.25) is 0 Å². The number of anilines is 1. The Balaban J connectivity index is 0.00000169. The molecule has 0 unspecified atom stereocenters. The van der Waals surface area contributed by atoms with Gasteiger partial charge in [-0.2, -0.15) is 13.2 Å². The quantitative estimate of drug-likeness (QED) is 0.749. The highest BCUT2D eigenvalue weighted by molar-refractivity contribution is 5.85. The molecule has 0 saturated carbocycles. The van der Waals surface area contributed by atoms with Crippen molar-refractivity contribution in [2.45, 2.75) is 6.18 Å². The third kappa shape index (κ3) is 2.45. The Morgan fingerprint density at radius 2 is 1.86 bits per heavy atom. The van der Waals surface area contributed by atoms with Gasteiger partial charge < -0.3 is 10.5 Å². The predicted octanol–water partition coefficient (Wildman–Crippen LogP) is 2.72. The summed E-state index contributed by atoms with van der Waals surface area (Å²) in [5.41, 5.74) is 4.44. The number of nitrogens with two attached hydrogens (primary N) is 1. The molecule has 80 valence electrons. The fourth-order valence-electron chi connectivity index (χ4n) is 1.01. The second-order valence-electron chi connectivity index (χ2n) is 2.43. The van der Waals surface area contributed by atoms with Crippen LogP contribution in [0.3, 0.4) is 0 Å². The molecule has 0 aromatic heterocycles. The van der Waals surface area contributed by atoms with E-state index in [0.29, 0.717) is 0 Å². The first-order valence-corrected chi connectivity index (χ1v) is 3.46. The monoisotopic (exact) mass is 227 g/mol. The lowest BCUT2D eigenvalue weighted by atomic mass is 10.1. The van der Waals surface area contributed by atoms with Gasteiger partial charge in [-0.1, -0.05) is 6.07 Å². The molecule has 0 aliphatic carbocycles. The molecule has 1 rings (SSSR count). The molecule has 0 atom stereocenters. The van der Waals surface area contributed by atoms with E-state index in [-0.39, 0.29) is 23.8 Å². The fraction of sp³-hybridized carbons (Fsp3) is 0.250. The molecule has 0 spiro atoms. The first-order valence-electron chi connectivity index (χ1n) is 3.46. The molecule has 6 heteroatoms. The van der Waals surface area contributed by atoms with E-state index in [1.54, 1.807) is 0 Å². The average Bonchev–Trinajstić information content (AvgIpc) is 2.02.